The smallest absolute Gasteiger partial charge is 0.338 e. The SMILES string of the molecule is CCN(CC)CCOC(=O)c1ccc(F)c(OC2(C(C)C)CCCCC2)c1. The minimum absolute atomic E-state index is 0.156. The third-order valence-electron chi connectivity index (χ3n) is 5.77. The average Bonchev–Trinajstić information content (AvgIpc) is 2.67. The fourth-order valence-electron chi connectivity index (χ4n) is 3.77. The van der Waals surface area contributed by atoms with Crippen LogP contribution < -0.4 is 4.74 Å². The third kappa shape index (κ3) is 5.68. The number of benzene rings is 1. The lowest BCUT2D eigenvalue weighted by Gasteiger charge is -2.41. The molecule has 1 saturated carbocycles. The van der Waals surface area contributed by atoms with Crippen molar-refractivity contribution < 1.29 is 18.7 Å². The summed E-state index contributed by atoms with van der Waals surface area (Å²) in [7, 11) is 0. The summed E-state index contributed by atoms with van der Waals surface area (Å²) in [4.78, 5) is 14.5. The zero-order chi connectivity index (χ0) is 19.9. The summed E-state index contributed by atoms with van der Waals surface area (Å²) in [5, 5.41) is 0. The quantitative estimate of drug-likeness (QED) is 0.562. The number of nitrogens with zero attached hydrogens (tertiary/aromatic N) is 1. The summed E-state index contributed by atoms with van der Waals surface area (Å²) in [6.07, 6.45) is 5.21. The van der Waals surface area contributed by atoms with Gasteiger partial charge in [-0.1, -0.05) is 34.1 Å². The molecule has 1 aromatic carbocycles. The Bertz CT molecular complexity index is 608. The van der Waals surface area contributed by atoms with Gasteiger partial charge in [-0.3, -0.25) is 0 Å². The molecule has 0 N–H and O–H groups in total. The van der Waals surface area contributed by atoms with Crippen molar-refractivity contribution in [2.45, 2.75) is 65.4 Å². The van der Waals surface area contributed by atoms with Gasteiger partial charge < -0.3 is 14.4 Å². The first-order chi connectivity index (χ1) is 12.9. The van der Waals surface area contributed by atoms with Gasteiger partial charge in [0.1, 0.15) is 12.2 Å². The van der Waals surface area contributed by atoms with Crippen LogP contribution in [0.3, 0.4) is 0 Å². The van der Waals surface area contributed by atoms with Gasteiger partial charge >= 0.3 is 5.97 Å². The molecular formula is C22H34FNO3. The summed E-state index contributed by atoms with van der Waals surface area (Å²) in [5.74, 6) is -0.430. The van der Waals surface area contributed by atoms with Gasteiger partial charge in [-0.2, -0.15) is 0 Å². The van der Waals surface area contributed by atoms with Crippen LogP contribution in [0, 0.1) is 11.7 Å². The Labute approximate surface area is 163 Å². The minimum atomic E-state index is -0.436. The maximum atomic E-state index is 14.4. The average molecular weight is 380 g/mol. The van der Waals surface area contributed by atoms with Crippen LogP contribution in [0.2, 0.25) is 0 Å². The fourth-order valence-corrected chi connectivity index (χ4v) is 3.77. The molecule has 27 heavy (non-hydrogen) atoms. The van der Waals surface area contributed by atoms with Gasteiger partial charge in [0.15, 0.2) is 11.6 Å². The van der Waals surface area contributed by atoms with E-state index in [4.69, 9.17) is 9.47 Å². The van der Waals surface area contributed by atoms with Crippen LogP contribution in [-0.4, -0.2) is 42.7 Å². The summed E-state index contributed by atoms with van der Waals surface area (Å²) in [6.45, 7) is 11.2. The topological polar surface area (TPSA) is 38.8 Å². The highest BCUT2D eigenvalue weighted by Crippen LogP contribution is 2.39. The molecule has 0 atom stereocenters. The van der Waals surface area contributed by atoms with Crippen molar-refractivity contribution in [1.82, 2.24) is 4.90 Å². The van der Waals surface area contributed by atoms with E-state index >= 15 is 0 Å². The molecule has 2 rings (SSSR count). The van der Waals surface area contributed by atoms with Crippen molar-refractivity contribution in [3.8, 4) is 5.75 Å². The number of halogens is 1. The highest BCUT2D eigenvalue weighted by Gasteiger charge is 2.38. The van der Waals surface area contributed by atoms with E-state index in [1.165, 1.54) is 24.6 Å². The van der Waals surface area contributed by atoms with Crippen LogP contribution in [0.4, 0.5) is 4.39 Å². The number of carbonyl (C=O) groups excluding carboxylic acids is 1. The van der Waals surface area contributed by atoms with E-state index in [0.717, 1.165) is 38.8 Å². The molecule has 1 aromatic rings. The maximum Gasteiger partial charge on any atom is 0.338 e. The summed E-state index contributed by atoms with van der Waals surface area (Å²) < 4.78 is 26.0. The molecule has 0 bridgehead atoms. The molecule has 0 aliphatic heterocycles. The molecule has 0 amide bonds. The molecule has 4 nitrogen and oxygen atoms in total. The molecule has 0 radical (unpaired) electrons. The number of hydrogen-bond donors (Lipinski definition) is 0. The molecular weight excluding hydrogens is 345 g/mol. The monoisotopic (exact) mass is 379 g/mol. The molecule has 1 aliphatic carbocycles. The van der Waals surface area contributed by atoms with Crippen LogP contribution in [0.5, 0.6) is 5.75 Å². The maximum absolute atomic E-state index is 14.4. The van der Waals surface area contributed by atoms with Gasteiger partial charge in [0.05, 0.1) is 5.56 Å². The van der Waals surface area contributed by atoms with E-state index in [0.29, 0.717) is 18.7 Å². The normalized spacial score (nSPS) is 16.6. The van der Waals surface area contributed by atoms with Crippen LogP contribution in [0.15, 0.2) is 18.2 Å². The summed E-state index contributed by atoms with van der Waals surface area (Å²) >= 11 is 0. The Morgan fingerprint density at radius 1 is 1.19 bits per heavy atom. The lowest BCUT2D eigenvalue weighted by Crippen LogP contribution is -2.43. The van der Waals surface area contributed by atoms with Gasteiger partial charge in [0.2, 0.25) is 0 Å². The van der Waals surface area contributed by atoms with E-state index < -0.39 is 11.8 Å². The Balaban J connectivity index is 2.07. The molecule has 1 aliphatic rings. The number of rotatable bonds is 9. The lowest BCUT2D eigenvalue weighted by molar-refractivity contribution is -0.0150. The first-order valence-electron chi connectivity index (χ1n) is 10.3. The van der Waals surface area contributed by atoms with Crippen molar-refractivity contribution in [1.29, 1.82) is 0 Å². The number of esters is 1. The van der Waals surface area contributed by atoms with Crippen molar-refractivity contribution in [2.75, 3.05) is 26.2 Å². The third-order valence-corrected chi connectivity index (χ3v) is 5.77. The highest BCUT2D eigenvalue weighted by atomic mass is 19.1. The first kappa shape index (κ1) is 21.7. The van der Waals surface area contributed by atoms with Crippen LogP contribution in [0.1, 0.15) is 70.2 Å². The minimum Gasteiger partial charge on any atom is -0.484 e. The van der Waals surface area contributed by atoms with E-state index in [1.807, 2.05) is 0 Å². The Kier molecular flexibility index (Phi) is 8.08. The zero-order valence-electron chi connectivity index (χ0n) is 17.2. The summed E-state index contributed by atoms with van der Waals surface area (Å²) in [6, 6.07) is 4.26. The van der Waals surface area contributed by atoms with Crippen LogP contribution in [-0.2, 0) is 4.74 Å². The van der Waals surface area contributed by atoms with Gasteiger partial charge in [-0.15, -0.1) is 0 Å². The van der Waals surface area contributed by atoms with E-state index in [2.05, 4.69) is 32.6 Å². The molecule has 0 saturated heterocycles. The van der Waals surface area contributed by atoms with Gasteiger partial charge in [-0.05, 0) is 62.9 Å². The second kappa shape index (κ2) is 10.1. The van der Waals surface area contributed by atoms with E-state index in [1.54, 1.807) is 0 Å². The predicted octanol–water partition coefficient (Wildman–Crippen LogP) is 5.06. The first-order valence-corrected chi connectivity index (χ1v) is 10.3. The Hall–Kier alpha value is -1.62. The standard InChI is InChI=1S/C22H34FNO3/c1-5-24(6-2)14-15-26-21(25)18-10-11-19(23)20(16-18)27-22(17(3)4)12-8-7-9-13-22/h10-11,16-17H,5-9,12-15H2,1-4H3. The second-order valence-corrected chi connectivity index (χ2v) is 7.69. The van der Waals surface area contributed by atoms with E-state index in [-0.39, 0.29) is 17.3 Å². The van der Waals surface area contributed by atoms with Gasteiger partial charge in [0.25, 0.3) is 0 Å². The molecule has 0 heterocycles. The highest BCUT2D eigenvalue weighted by molar-refractivity contribution is 5.89. The largest absolute Gasteiger partial charge is 0.484 e. The molecule has 152 valence electrons. The summed E-state index contributed by atoms with van der Waals surface area (Å²) in [5.41, 5.74) is -0.0228. The fraction of sp³-hybridized carbons (Fsp3) is 0.682. The predicted molar refractivity (Wildman–Crippen MR) is 106 cm³/mol. The molecule has 1 fully saturated rings. The number of carbonyl (C=O) groups is 1. The number of hydrogen-bond acceptors (Lipinski definition) is 4. The molecule has 0 aromatic heterocycles. The van der Waals surface area contributed by atoms with Crippen LogP contribution >= 0.6 is 0 Å². The Morgan fingerprint density at radius 2 is 1.85 bits per heavy atom. The molecule has 0 unspecified atom stereocenters. The van der Waals surface area contributed by atoms with Crippen molar-refractivity contribution in [2.24, 2.45) is 5.92 Å². The van der Waals surface area contributed by atoms with Gasteiger partial charge in [0, 0.05) is 6.54 Å². The van der Waals surface area contributed by atoms with Crippen LogP contribution in [0.25, 0.3) is 0 Å². The number of likely N-dealkylation sites (N-methyl/N-ethyl adjacent to an activating group) is 1. The molecule has 0 spiro atoms. The van der Waals surface area contributed by atoms with Crippen molar-refractivity contribution >= 4 is 5.97 Å². The van der Waals surface area contributed by atoms with E-state index in [9.17, 15) is 9.18 Å². The zero-order valence-corrected chi connectivity index (χ0v) is 17.2. The van der Waals surface area contributed by atoms with Crippen molar-refractivity contribution in [3.05, 3.63) is 29.6 Å². The van der Waals surface area contributed by atoms with Gasteiger partial charge in [-0.25, -0.2) is 9.18 Å². The van der Waals surface area contributed by atoms with Crippen molar-refractivity contribution in [3.63, 3.8) is 0 Å². The lowest BCUT2D eigenvalue weighted by atomic mass is 9.77. The molecule has 5 heteroatoms. The number of ether oxygens (including phenoxy) is 2. The second-order valence-electron chi connectivity index (χ2n) is 7.69. The Morgan fingerprint density at radius 3 is 2.44 bits per heavy atom.